The number of thioether (sulfide) groups is 1. The number of amides is 2. The minimum absolute atomic E-state index is 0.256. The second kappa shape index (κ2) is 10.1. The molecule has 1 heterocycles. The summed E-state index contributed by atoms with van der Waals surface area (Å²) in [5, 5.41) is 1.09. The van der Waals surface area contributed by atoms with E-state index >= 15 is 0 Å². The summed E-state index contributed by atoms with van der Waals surface area (Å²) in [6.07, 6.45) is 3.35. The predicted octanol–water partition coefficient (Wildman–Crippen LogP) is 4.20. The highest BCUT2D eigenvalue weighted by Gasteiger charge is 2.33. The van der Waals surface area contributed by atoms with Gasteiger partial charge in [0, 0.05) is 5.56 Å². The van der Waals surface area contributed by atoms with Crippen LogP contribution in [0.1, 0.15) is 22.8 Å². The van der Waals surface area contributed by atoms with Crippen molar-refractivity contribution in [3.8, 4) is 11.5 Å². The molecule has 0 saturated carbocycles. The van der Waals surface area contributed by atoms with Gasteiger partial charge in [-0.3, -0.25) is 15.0 Å². The van der Waals surface area contributed by atoms with Crippen LogP contribution in [0, 0.1) is 0 Å². The Labute approximate surface area is 184 Å². The SMILES string of the molecule is C=CCOc1ccc(C=C2SC(=S)N(NC(=O)c3ccccc3)C2=O)cc1OCC. The Morgan fingerprint density at radius 3 is 2.67 bits per heavy atom. The van der Waals surface area contributed by atoms with Gasteiger partial charge in [-0.1, -0.05) is 48.7 Å². The quantitative estimate of drug-likeness (QED) is 0.377. The zero-order valence-electron chi connectivity index (χ0n) is 16.3. The fraction of sp³-hybridized carbons (Fsp3) is 0.136. The van der Waals surface area contributed by atoms with E-state index in [4.69, 9.17) is 21.7 Å². The highest BCUT2D eigenvalue weighted by atomic mass is 32.2. The van der Waals surface area contributed by atoms with Gasteiger partial charge in [-0.05, 0) is 55.0 Å². The first kappa shape index (κ1) is 21.6. The molecule has 2 aromatic carbocycles. The number of hydrogen-bond donors (Lipinski definition) is 1. The van der Waals surface area contributed by atoms with E-state index in [1.54, 1.807) is 48.6 Å². The lowest BCUT2D eigenvalue weighted by Crippen LogP contribution is -2.44. The molecule has 6 nitrogen and oxygen atoms in total. The minimum Gasteiger partial charge on any atom is -0.490 e. The molecule has 1 aliphatic rings. The highest BCUT2D eigenvalue weighted by Crippen LogP contribution is 2.34. The molecule has 1 fully saturated rings. The number of hydrogen-bond acceptors (Lipinski definition) is 6. The van der Waals surface area contributed by atoms with Crippen LogP contribution < -0.4 is 14.9 Å². The lowest BCUT2D eigenvalue weighted by Gasteiger charge is -2.15. The summed E-state index contributed by atoms with van der Waals surface area (Å²) in [5.74, 6) is 0.368. The summed E-state index contributed by atoms with van der Waals surface area (Å²) in [7, 11) is 0. The molecule has 0 spiro atoms. The maximum atomic E-state index is 12.8. The Balaban J connectivity index is 1.78. The van der Waals surface area contributed by atoms with E-state index in [1.165, 1.54) is 0 Å². The van der Waals surface area contributed by atoms with Gasteiger partial charge in [0.05, 0.1) is 11.5 Å². The average Bonchev–Trinajstić information content (AvgIpc) is 3.01. The summed E-state index contributed by atoms with van der Waals surface area (Å²) in [5.41, 5.74) is 3.75. The molecule has 30 heavy (non-hydrogen) atoms. The van der Waals surface area contributed by atoms with Crippen molar-refractivity contribution in [2.75, 3.05) is 13.2 Å². The Morgan fingerprint density at radius 1 is 1.20 bits per heavy atom. The van der Waals surface area contributed by atoms with Crippen LogP contribution in [0.15, 0.2) is 66.1 Å². The first-order valence-corrected chi connectivity index (χ1v) is 10.4. The summed E-state index contributed by atoms with van der Waals surface area (Å²) in [6.45, 7) is 6.35. The normalized spacial score (nSPS) is 14.7. The van der Waals surface area contributed by atoms with Gasteiger partial charge < -0.3 is 9.47 Å². The molecule has 1 saturated heterocycles. The fourth-order valence-electron chi connectivity index (χ4n) is 2.62. The first-order valence-electron chi connectivity index (χ1n) is 9.18. The zero-order valence-corrected chi connectivity index (χ0v) is 17.9. The Morgan fingerprint density at radius 2 is 1.97 bits per heavy atom. The highest BCUT2D eigenvalue weighted by molar-refractivity contribution is 8.26. The van der Waals surface area contributed by atoms with Crippen LogP contribution >= 0.6 is 24.0 Å². The second-order valence-corrected chi connectivity index (χ2v) is 7.74. The largest absolute Gasteiger partial charge is 0.490 e. The van der Waals surface area contributed by atoms with Crippen LogP contribution in [-0.4, -0.2) is 34.4 Å². The maximum Gasteiger partial charge on any atom is 0.285 e. The van der Waals surface area contributed by atoms with E-state index in [-0.39, 0.29) is 10.2 Å². The van der Waals surface area contributed by atoms with Gasteiger partial charge in [0.15, 0.2) is 15.8 Å². The van der Waals surface area contributed by atoms with E-state index in [9.17, 15) is 9.59 Å². The third-order valence-electron chi connectivity index (χ3n) is 3.97. The number of carbonyl (C=O) groups excluding carboxylic acids is 2. The van der Waals surface area contributed by atoms with E-state index in [2.05, 4.69) is 12.0 Å². The molecule has 0 atom stereocenters. The summed E-state index contributed by atoms with van der Waals surface area (Å²) >= 11 is 6.39. The molecule has 0 unspecified atom stereocenters. The first-order chi connectivity index (χ1) is 14.5. The minimum atomic E-state index is -0.407. The molecule has 1 N–H and O–H groups in total. The lowest BCUT2D eigenvalue weighted by atomic mass is 10.2. The van der Waals surface area contributed by atoms with Crippen molar-refractivity contribution in [2.45, 2.75) is 6.92 Å². The second-order valence-electron chi connectivity index (χ2n) is 6.06. The third-order valence-corrected chi connectivity index (χ3v) is 5.27. The van der Waals surface area contributed by atoms with Crippen LogP contribution in [0.2, 0.25) is 0 Å². The number of nitrogens with one attached hydrogen (secondary N) is 1. The molecule has 0 radical (unpaired) electrons. The molecule has 0 aliphatic carbocycles. The van der Waals surface area contributed by atoms with Gasteiger partial charge in [-0.25, -0.2) is 0 Å². The van der Waals surface area contributed by atoms with Crippen molar-refractivity contribution in [1.29, 1.82) is 0 Å². The van der Waals surface area contributed by atoms with E-state index < -0.39 is 5.91 Å². The molecular formula is C22H20N2O4S2. The lowest BCUT2D eigenvalue weighted by molar-refractivity contribution is -0.123. The van der Waals surface area contributed by atoms with Crippen LogP contribution in [-0.2, 0) is 4.79 Å². The fourth-order valence-corrected chi connectivity index (χ4v) is 3.80. The molecular weight excluding hydrogens is 420 g/mol. The molecule has 1 aliphatic heterocycles. The Hall–Kier alpha value is -3.10. The van der Waals surface area contributed by atoms with Crippen molar-refractivity contribution in [2.24, 2.45) is 0 Å². The number of carbonyl (C=O) groups is 2. The van der Waals surface area contributed by atoms with Crippen LogP contribution in [0.25, 0.3) is 6.08 Å². The Bertz CT molecular complexity index is 1010. The van der Waals surface area contributed by atoms with Crippen LogP contribution in [0.5, 0.6) is 11.5 Å². The van der Waals surface area contributed by atoms with Crippen molar-refractivity contribution < 1.29 is 19.1 Å². The number of rotatable bonds is 8. The molecule has 2 amide bonds. The summed E-state index contributed by atoms with van der Waals surface area (Å²) in [4.78, 5) is 25.5. The van der Waals surface area contributed by atoms with Crippen molar-refractivity contribution >= 4 is 46.2 Å². The summed E-state index contributed by atoms with van der Waals surface area (Å²) in [6, 6.07) is 14.0. The van der Waals surface area contributed by atoms with Crippen molar-refractivity contribution in [3.63, 3.8) is 0 Å². The van der Waals surface area contributed by atoms with Crippen molar-refractivity contribution in [1.82, 2.24) is 10.4 Å². The number of thiocarbonyl (C=S) groups is 1. The topological polar surface area (TPSA) is 67.9 Å². The molecule has 154 valence electrons. The van der Waals surface area contributed by atoms with Crippen LogP contribution in [0.4, 0.5) is 0 Å². The third kappa shape index (κ3) is 5.08. The van der Waals surface area contributed by atoms with Gasteiger partial charge in [-0.2, -0.15) is 5.01 Å². The van der Waals surface area contributed by atoms with Gasteiger partial charge in [0.25, 0.3) is 11.8 Å². The Kier molecular flexibility index (Phi) is 7.26. The monoisotopic (exact) mass is 440 g/mol. The molecule has 0 aromatic heterocycles. The number of benzene rings is 2. The molecule has 0 bridgehead atoms. The number of nitrogens with zero attached hydrogens (tertiary/aromatic N) is 1. The molecule has 2 aromatic rings. The van der Waals surface area contributed by atoms with E-state index in [0.717, 1.165) is 22.3 Å². The van der Waals surface area contributed by atoms with Gasteiger partial charge in [-0.15, -0.1) is 0 Å². The smallest absolute Gasteiger partial charge is 0.285 e. The average molecular weight is 441 g/mol. The number of hydrazine groups is 1. The van der Waals surface area contributed by atoms with Crippen molar-refractivity contribution in [3.05, 3.63) is 77.2 Å². The van der Waals surface area contributed by atoms with E-state index in [1.807, 2.05) is 19.1 Å². The standard InChI is InChI=1S/C22H20N2O4S2/c1-3-12-28-17-11-10-15(13-18(17)27-4-2)14-19-21(26)24(22(29)30-19)23-20(25)16-8-6-5-7-9-16/h3,5-11,13-14H,1,4,12H2,2H3,(H,23,25). The van der Waals surface area contributed by atoms with E-state index in [0.29, 0.717) is 35.2 Å². The number of ether oxygens (including phenoxy) is 2. The van der Waals surface area contributed by atoms with Gasteiger partial charge >= 0.3 is 0 Å². The predicted molar refractivity (Wildman–Crippen MR) is 122 cm³/mol. The van der Waals surface area contributed by atoms with Gasteiger partial charge in [0.1, 0.15) is 6.61 Å². The van der Waals surface area contributed by atoms with Crippen LogP contribution in [0.3, 0.4) is 0 Å². The molecule has 3 rings (SSSR count). The molecule has 8 heteroatoms. The zero-order chi connectivity index (χ0) is 21.5. The van der Waals surface area contributed by atoms with Gasteiger partial charge in [0.2, 0.25) is 0 Å². The summed E-state index contributed by atoms with van der Waals surface area (Å²) < 4.78 is 11.5. The maximum absolute atomic E-state index is 12.8.